The van der Waals surface area contributed by atoms with E-state index in [0.717, 1.165) is 5.56 Å². The Balaban J connectivity index is 3.11. The number of methoxy groups -OCH3 is 1. The minimum absolute atomic E-state index is 0.378. The van der Waals surface area contributed by atoms with E-state index in [4.69, 9.17) is 10.7 Å². The van der Waals surface area contributed by atoms with E-state index in [9.17, 15) is 4.79 Å². The van der Waals surface area contributed by atoms with E-state index in [1.165, 1.54) is 7.11 Å². The number of nitrogens with two attached hydrogens (primary N) is 1. The van der Waals surface area contributed by atoms with Crippen LogP contribution < -0.4 is 5.90 Å². The first-order valence-electron chi connectivity index (χ1n) is 4.55. The zero-order chi connectivity index (χ0) is 11.6. The molecule has 0 spiro atoms. The minimum atomic E-state index is -0.621. The second-order valence-corrected chi connectivity index (χ2v) is 3.84. The molecule has 84 valence electrons. The summed E-state index contributed by atoms with van der Waals surface area (Å²) in [6.45, 7) is 3.65. The third kappa shape index (κ3) is 2.19. The fraction of sp³-hybridized carbons (Fsp3) is 0.500. The molecular formula is C10H16N2O3. The first-order chi connectivity index (χ1) is 6.92. The van der Waals surface area contributed by atoms with Gasteiger partial charge in [-0.1, -0.05) is 0 Å². The Labute approximate surface area is 88.7 Å². The third-order valence-corrected chi connectivity index (χ3v) is 2.39. The summed E-state index contributed by atoms with van der Waals surface area (Å²) in [6, 6.07) is 1.71. The number of esters is 1. The Morgan fingerprint density at radius 1 is 1.53 bits per heavy atom. The van der Waals surface area contributed by atoms with Crippen LogP contribution in [0.1, 0.15) is 29.9 Å². The highest BCUT2D eigenvalue weighted by Crippen LogP contribution is 2.24. The van der Waals surface area contributed by atoms with Crippen molar-refractivity contribution in [2.75, 3.05) is 7.11 Å². The maximum Gasteiger partial charge on any atom is 0.354 e. The highest BCUT2D eigenvalue weighted by atomic mass is 16.6. The topological polar surface area (TPSA) is 66.5 Å². The number of carbonyl (C=O) groups is 1. The highest BCUT2D eigenvalue weighted by molar-refractivity contribution is 5.88. The molecule has 2 N–H and O–H groups in total. The van der Waals surface area contributed by atoms with Crippen LogP contribution in [0.3, 0.4) is 0 Å². The van der Waals surface area contributed by atoms with Crippen LogP contribution in [0.15, 0.2) is 12.3 Å². The van der Waals surface area contributed by atoms with Gasteiger partial charge < -0.3 is 9.30 Å². The van der Waals surface area contributed by atoms with Crippen molar-refractivity contribution in [2.24, 2.45) is 12.9 Å². The van der Waals surface area contributed by atoms with Gasteiger partial charge in [-0.2, -0.15) is 0 Å². The number of rotatable bonds is 3. The molecule has 15 heavy (non-hydrogen) atoms. The van der Waals surface area contributed by atoms with E-state index in [2.05, 4.69) is 4.74 Å². The normalized spacial score (nSPS) is 11.5. The summed E-state index contributed by atoms with van der Waals surface area (Å²) < 4.78 is 6.33. The first kappa shape index (κ1) is 11.7. The lowest BCUT2D eigenvalue weighted by atomic mass is 10.0. The molecule has 0 atom stereocenters. The summed E-state index contributed by atoms with van der Waals surface area (Å²) in [4.78, 5) is 16.2. The van der Waals surface area contributed by atoms with Gasteiger partial charge in [-0.25, -0.2) is 10.7 Å². The van der Waals surface area contributed by atoms with E-state index < -0.39 is 5.60 Å². The van der Waals surface area contributed by atoms with E-state index >= 15 is 0 Å². The molecule has 0 fully saturated rings. The van der Waals surface area contributed by atoms with Crippen LogP contribution in [0.5, 0.6) is 0 Å². The molecule has 0 aliphatic rings. The molecule has 0 saturated carbocycles. The average molecular weight is 212 g/mol. The summed E-state index contributed by atoms with van der Waals surface area (Å²) in [6.07, 6.45) is 1.79. The minimum Gasteiger partial charge on any atom is -0.464 e. The molecule has 1 aromatic heterocycles. The molecule has 0 aliphatic heterocycles. The maximum absolute atomic E-state index is 11.3. The number of hydrogen-bond acceptors (Lipinski definition) is 4. The number of aryl methyl sites for hydroxylation is 1. The zero-order valence-corrected chi connectivity index (χ0v) is 9.40. The second kappa shape index (κ2) is 4.04. The van der Waals surface area contributed by atoms with Crippen molar-refractivity contribution in [3.8, 4) is 0 Å². The van der Waals surface area contributed by atoms with Gasteiger partial charge in [0, 0.05) is 18.8 Å². The molecule has 1 aromatic rings. The molecular weight excluding hydrogens is 196 g/mol. The third-order valence-electron chi connectivity index (χ3n) is 2.39. The number of hydrogen-bond donors (Lipinski definition) is 1. The number of nitrogens with zero attached hydrogens (tertiary/aromatic N) is 1. The molecule has 5 heteroatoms. The molecule has 1 heterocycles. The largest absolute Gasteiger partial charge is 0.464 e. The summed E-state index contributed by atoms with van der Waals surface area (Å²) in [5, 5.41) is 0. The summed E-state index contributed by atoms with van der Waals surface area (Å²) in [5.74, 6) is 4.80. The highest BCUT2D eigenvalue weighted by Gasteiger charge is 2.24. The van der Waals surface area contributed by atoms with Gasteiger partial charge >= 0.3 is 5.97 Å². The molecule has 0 aromatic carbocycles. The molecule has 0 amide bonds. The molecule has 0 aliphatic carbocycles. The van der Waals surface area contributed by atoms with Gasteiger partial charge in [-0.15, -0.1) is 0 Å². The Bertz CT molecular complexity index is 369. The van der Waals surface area contributed by atoms with Crippen molar-refractivity contribution in [2.45, 2.75) is 19.4 Å². The smallest absolute Gasteiger partial charge is 0.354 e. The zero-order valence-electron chi connectivity index (χ0n) is 9.40. The Kier molecular flexibility index (Phi) is 3.16. The second-order valence-electron chi connectivity index (χ2n) is 3.84. The monoisotopic (exact) mass is 212 g/mol. The Morgan fingerprint density at radius 2 is 2.13 bits per heavy atom. The van der Waals surface area contributed by atoms with Crippen molar-refractivity contribution >= 4 is 5.97 Å². The van der Waals surface area contributed by atoms with Crippen molar-refractivity contribution < 1.29 is 14.4 Å². The quantitative estimate of drug-likeness (QED) is 0.598. The maximum atomic E-state index is 11.3. The lowest BCUT2D eigenvalue weighted by molar-refractivity contribution is -0.0236. The van der Waals surface area contributed by atoms with Crippen LogP contribution in [0.4, 0.5) is 0 Å². The van der Waals surface area contributed by atoms with E-state index in [1.54, 1.807) is 23.9 Å². The van der Waals surface area contributed by atoms with Crippen LogP contribution >= 0.6 is 0 Å². The van der Waals surface area contributed by atoms with Gasteiger partial charge in [-0.05, 0) is 19.9 Å². The summed E-state index contributed by atoms with van der Waals surface area (Å²) in [7, 11) is 3.11. The van der Waals surface area contributed by atoms with E-state index in [0.29, 0.717) is 5.69 Å². The number of ether oxygens (including phenoxy) is 1. The predicted molar refractivity (Wildman–Crippen MR) is 55.1 cm³/mol. The molecule has 0 saturated heterocycles. The van der Waals surface area contributed by atoms with Crippen molar-refractivity contribution in [1.29, 1.82) is 0 Å². The fourth-order valence-corrected chi connectivity index (χ4v) is 1.27. The number of carbonyl (C=O) groups excluding carboxylic acids is 1. The lowest BCUT2D eigenvalue weighted by Gasteiger charge is -2.19. The van der Waals surface area contributed by atoms with Gasteiger partial charge in [0.25, 0.3) is 0 Å². The van der Waals surface area contributed by atoms with Crippen LogP contribution in [0, 0.1) is 0 Å². The molecule has 0 radical (unpaired) electrons. The van der Waals surface area contributed by atoms with Crippen LogP contribution in [0.2, 0.25) is 0 Å². The molecule has 1 rings (SSSR count). The predicted octanol–water partition coefficient (Wildman–Crippen LogP) is 0.937. The van der Waals surface area contributed by atoms with Gasteiger partial charge in [0.15, 0.2) is 0 Å². The van der Waals surface area contributed by atoms with Gasteiger partial charge in [0.1, 0.15) is 11.3 Å². The number of aromatic nitrogens is 1. The molecule has 0 bridgehead atoms. The van der Waals surface area contributed by atoms with Gasteiger partial charge in [0.05, 0.1) is 7.11 Å². The fourth-order valence-electron chi connectivity index (χ4n) is 1.27. The average Bonchev–Trinajstić information content (AvgIpc) is 2.60. The first-order valence-corrected chi connectivity index (χ1v) is 4.55. The SMILES string of the molecule is COC(=O)c1cc(C(C)(C)ON)cn1C. The van der Waals surface area contributed by atoms with Crippen molar-refractivity contribution in [1.82, 2.24) is 4.57 Å². The van der Waals surface area contributed by atoms with Crippen LogP contribution in [-0.2, 0) is 22.2 Å². The van der Waals surface area contributed by atoms with Crippen molar-refractivity contribution in [3.63, 3.8) is 0 Å². The van der Waals surface area contributed by atoms with Gasteiger partial charge in [-0.3, -0.25) is 4.84 Å². The Morgan fingerprint density at radius 3 is 2.60 bits per heavy atom. The van der Waals surface area contributed by atoms with Crippen LogP contribution in [0.25, 0.3) is 0 Å². The molecule has 0 unspecified atom stereocenters. The van der Waals surface area contributed by atoms with Crippen molar-refractivity contribution in [3.05, 3.63) is 23.5 Å². The van der Waals surface area contributed by atoms with Gasteiger partial charge in [0.2, 0.25) is 0 Å². The van der Waals surface area contributed by atoms with Crippen LogP contribution in [-0.4, -0.2) is 17.6 Å². The Hall–Kier alpha value is -1.33. The standard InChI is InChI=1S/C10H16N2O3/c1-10(2,15-11)7-5-8(9(13)14-4)12(3)6-7/h5-6H,11H2,1-4H3. The lowest BCUT2D eigenvalue weighted by Crippen LogP contribution is -2.24. The van der Waals surface area contributed by atoms with E-state index in [-0.39, 0.29) is 5.97 Å². The van der Waals surface area contributed by atoms with E-state index in [1.807, 2.05) is 13.8 Å². The summed E-state index contributed by atoms with van der Waals surface area (Å²) >= 11 is 0. The summed E-state index contributed by atoms with van der Waals surface area (Å²) in [5.41, 5.74) is 0.676. The molecule has 5 nitrogen and oxygen atoms in total.